The standard InChI is InChI=1S/C15H15BrN2O3S.C11H9F3N4O3S2/c1-9-3-5-10(6-4-9)17-15(20)18-12-7-11(8-16)22-13(12)14(19)21-2;1-4-3-5(6(22-4)7(19)21-2)15-9(20)16-10-18-17-8(23-10)11(12,13)14/h3-7H,8H2,1-2H3,(H2,17,18,20);3H,1-2H3,(H2,15,16,18,20). The molecule has 12 nitrogen and oxygen atoms in total. The van der Waals surface area contributed by atoms with E-state index in [-0.39, 0.29) is 27.0 Å². The lowest BCUT2D eigenvalue weighted by atomic mass is 10.2. The molecule has 4 rings (SSSR count). The molecule has 4 N–H and O–H groups in total. The van der Waals surface area contributed by atoms with Crippen LogP contribution in [-0.2, 0) is 21.0 Å². The molecule has 0 radical (unpaired) electrons. The van der Waals surface area contributed by atoms with Crippen LogP contribution in [0.5, 0.6) is 0 Å². The fraction of sp³-hybridized carbons (Fsp3) is 0.231. The number of amides is 4. The van der Waals surface area contributed by atoms with Gasteiger partial charge in [0, 0.05) is 20.8 Å². The highest BCUT2D eigenvalue weighted by Crippen LogP contribution is 2.33. The minimum absolute atomic E-state index is 0.174. The van der Waals surface area contributed by atoms with Crippen molar-refractivity contribution in [3.05, 3.63) is 66.5 Å². The van der Waals surface area contributed by atoms with Crippen LogP contribution < -0.4 is 21.3 Å². The Kier molecular flexibility index (Phi) is 12.4. The Balaban J connectivity index is 0.000000246. The van der Waals surface area contributed by atoms with Crippen LogP contribution in [0.3, 0.4) is 0 Å². The average Bonchev–Trinajstić information content (AvgIpc) is 3.72. The van der Waals surface area contributed by atoms with Gasteiger partial charge in [0.25, 0.3) is 0 Å². The summed E-state index contributed by atoms with van der Waals surface area (Å²) < 4.78 is 46.5. The summed E-state index contributed by atoms with van der Waals surface area (Å²) >= 11 is 5.91. The van der Waals surface area contributed by atoms with Crippen molar-refractivity contribution >= 4 is 96.1 Å². The molecule has 0 atom stereocenters. The molecule has 240 valence electrons. The number of esters is 2. The number of aryl methyl sites for hydroxylation is 2. The molecular formula is C26H24BrF3N6O6S3. The van der Waals surface area contributed by atoms with Gasteiger partial charge in [-0.15, -0.1) is 32.9 Å². The molecule has 1 aromatic carbocycles. The maximum Gasteiger partial charge on any atom is 0.445 e. The maximum atomic E-state index is 12.4. The molecule has 0 aliphatic rings. The third kappa shape index (κ3) is 10.2. The number of hydrogen-bond donors (Lipinski definition) is 4. The van der Waals surface area contributed by atoms with Crippen LogP contribution in [0.2, 0.25) is 0 Å². The molecule has 0 bridgehead atoms. The molecular weight excluding hydrogens is 725 g/mol. The molecule has 4 amide bonds. The van der Waals surface area contributed by atoms with Gasteiger partial charge in [-0.3, -0.25) is 5.32 Å². The Morgan fingerprint density at radius 2 is 1.36 bits per heavy atom. The van der Waals surface area contributed by atoms with Gasteiger partial charge in [-0.2, -0.15) is 13.2 Å². The van der Waals surface area contributed by atoms with E-state index in [2.05, 4.69) is 52.1 Å². The van der Waals surface area contributed by atoms with Crippen molar-refractivity contribution in [1.82, 2.24) is 10.2 Å². The largest absolute Gasteiger partial charge is 0.465 e. The number of halogens is 4. The lowest BCUT2D eigenvalue weighted by Gasteiger charge is -2.08. The number of nitrogens with one attached hydrogen (secondary N) is 4. The highest BCUT2D eigenvalue weighted by Gasteiger charge is 2.36. The quantitative estimate of drug-likeness (QED) is 0.110. The first kappa shape index (κ1) is 35.4. The van der Waals surface area contributed by atoms with E-state index in [0.717, 1.165) is 26.7 Å². The number of aromatic nitrogens is 2. The van der Waals surface area contributed by atoms with Crippen molar-refractivity contribution in [2.45, 2.75) is 25.4 Å². The number of ether oxygens (including phenoxy) is 2. The number of benzene rings is 1. The zero-order valence-corrected chi connectivity index (χ0v) is 27.8. The van der Waals surface area contributed by atoms with Gasteiger partial charge in [-0.05, 0) is 38.1 Å². The van der Waals surface area contributed by atoms with Crippen molar-refractivity contribution in [3.8, 4) is 0 Å². The lowest BCUT2D eigenvalue weighted by Crippen LogP contribution is -2.20. The molecule has 0 saturated heterocycles. The number of urea groups is 2. The van der Waals surface area contributed by atoms with E-state index in [1.54, 1.807) is 13.0 Å². The Hall–Kier alpha value is -4.07. The number of hydrogen-bond acceptors (Lipinski definition) is 11. The Morgan fingerprint density at radius 3 is 1.89 bits per heavy atom. The van der Waals surface area contributed by atoms with E-state index in [9.17, 15) is 32.3 Å². The molecule has 4 aromatic rings. The van der Waals surface area contributed by atoms with Gasteiger partial charge < -0.3 is 25.4 Å². The van der Waals surface area contributed by atoms with E-state index in [4.69, 9.17) is 4.74 Å². The number of carbonyl (C=O) groups is 4. The summed E-state index contributed by atoms with van der Waals surface area (Å²) in [5.41, 5.74) is 2.42. The van der Waals surface area contributed by atoms with Crippen LogP contribution in [0.25, 0.3) is 0 Å². The van der Waals surface area contributed by atoms with Gasteiger partial charge in [0.15, 0.2) is 0 Å². The molecule has 0 aliphatic carbocycles. The van der Waals surface area contributed by atoms with Crippen LogP contribution >= 0.6 is 49.9 Å². The van der Waals surface area contributed by atoms with E-state index in [0.29, 0.717) is 21.6 Å². The van der Waals surface area contributed by atoms with Gasteiger partial charge >= 0.3 is 30.2 Å². The van der Waals surface area contributed by atoms with Crippen molar-refractivity contribution in [1.29, 1.82) is 0 Å². The van der Waals surface area contributed by atoms with Gasteiger partial charge in [0.05, 0.1) is 25.6 Å². The second-order valence-corrected chi connectivity index (χ2v) is 12.5. The second kappa shape index (κ2) is 15.8. The first-order valence-corrected chi connectivity index (χ1v) is 15.9. The van der Waals surface area contributed by atoms with Crippen LogP contribution in [0.4, 0.5) is 45.0 Å². The first-order valence-electron chi connectivity index (χ1n) is 12.3. The number of anilines is 4. The van der Waals surface area contributed by atoms with Crippen molar-refractivity contribution < 1.29 is 41.8 Å². The highest BCUT2D eigenvalue weighted by atomic mass is 79.9. The third-order valence-corrected chi connectivity index (χ3v) is 9.21. The second-order valence-electron chi connectivity index (χ2n) is 8.61. The predicted molar refractivity (Wildman–Crippen MR) is 170 cm³/mol. The average molecular weight is 750 g/mol. The van der Waals surface area contributed by atoms with Gasteiger partial charge in [0.2, 0.25) is 10.1 Å². The van der Waals surface area contributed by atoms with Gasteiger partial charge in [-0.25, -0.2) is 19.2 Å². The lowest BCUT2D eigenvalue weighted by molar-refractivity contribution is -0.138. The van der Waals surface area contributed by atoms with Gasteiger partial charge in [-0.1, -0.05) is 45.0 Å². The summed E-state index contributed by atoms with van der Waals surface area (Å²) in [6, 6.07) is 9.47. The number of rotatable bonds is 7. The Labute approximate surface area is 274 Å². The van der Waals surface area contributed by atoms with Crippen LogP contribution in [0, 0.1) is 13.8 Å². The number of carbonyl (C=O) groups excluding carboxylic acids is 4. The number of thiophene rings is 2. The monoisotopic (exact) mass is 748 g/mol. The zero-order valence-electron chi connectivity index (χ0n) is 23.8. The summed E-state index contributed by atoms with van der Waals surface area (Å²) in [7, 11) is 2.51. The molecule has 19 heteroatoms. The molecule has 0 fully saturated rings. The van der Waals surface area contributed by atoms with Gasteiger partial charge in [0.1, 0.15) is 9.75 Å². The molecule has 0 saturated carbocycles. The fourth-order valence-electron chi connectivity index (χ4n) is 3.26. The van der Waals surface area contributed by atoms with E-state index in [1.807, 2.05) is 31.2 Å². The molecule has 3 aromatic heterocycles. The van der Waals surface area contributed by atoms with Crippen LogP contribution in [-0.4, -0.2) is 48.4 Å². The SMILES string of the molecule is COC(=O)c1sc(C)cc1NC(=O)Nc1nnc(C(F)(F)F)s1.COC(=O)c1sc(CBr)cc1NC(=O)Nc1ccc(C)cc1. The van der Waals surface area contributed by atoms with Crippen molar-refractivity contribution in [2.24, 2.45) is 0 Å². The van der Waals surface area contributed by atoms with Crippen LogP contribution in [0.1, 0.15) is 39.7 Å². The van der Waals surface area contributed by atoms with E-state index in [1.165, 1.54) is 31.6 Å². The summed E-state index contributed by atoms with van der Waals surface area (Å²) in [5, 5.41) is 15.2. The number of nitrogens with zero attached hydrogens (tertiary/aromatic N) is 2. The number of alkyl halides is 4. The number of methoxy groups -OCH3 is 2. The third-order valence-electron chi connectivity index (χ3n) is 5.21. The molecule has 0 aliphatic heterocycles. The predicted octanol–water partition coefficient (Wildman–Crippen LogP) is 7.74. The molecule has 0 unspecified atom stereocenters. The maximum absolute atomic E-state index is 12.4. The zero-order chi connectivity index (χ0) is 33.3. The first-order chi connectivity index (χ1) is 21.2. The summed E-state index contributed by atoms with van der Waals surface area (Å²) in [6.45, 7) is 3.69. The minimum atomic E-state index is -4.63. The molecule has 0 spiro atoms. The van der Waals surface area contributed by atoms with E-state index >= 15 is 0 Å². The van der Waals surface area contributed by atoms with Crippen LogP contribution in [0.15, 0.2) is 36.4 Å². The summed E-state index contributed by atoms with van der Waals surface area (Å²) in [5.74, 6) is -1.10. The Bertz CT molecular complexity index is 1670. The fourth-order valence-corrected chi connectivity index (χ4v) is 6.13. The smallest absolute Gasteiger partial charge is 0.445 e. The summed E-state index contributed by atoms with van der Waals surface area (Å²) in [4.78, 5) is 49.4. The summed E-state index contributed by atoms with van der Waals surface area (Å²) in [6.07, 6.45) is -4.63. The topological polar surface area (TPSA) is 161 Å². The van der Waals surface area contributed by atoms with Crippen molar-refractivity contribution in [2.75, 3.05) is 35.5 Å². The minimum Gasteiger partial charge on any atom is -0.465 e. The Morgan fingerprint density at radius 1 is 0.800 bits per heavy atom. The molecule has 3 heterocycles. The van der Waals surface area contributed by atoms with Crippen molar-refractivity contribution in [3.63, 3.8) is 0 Å². The molecule has 45 heavy (non-hydrogen) atoms. The van der Waals surface area contributed by atoms with E-state index < -0.39 is 35.2 Å². The normalized spacial score (nSPS) is 10.7. The highest BCUT2D eigenvalue weighted by molar-refractivity contribution is 9.08.